The summed E-state index contributed by atoms with van der Waals surface area (Å²) < 4.78 is 0. The fourth-order valence-corrected chi connectivity index (χ4v) is 7.04. The first-order valence-corrected chi connectivity index (χ1v) is 21.4. The fraction of sp³-hybridized carbons (Fsp3) is 1.00. The number of hydrogen-bond acceptors (Lipinski definition) is 4. The van der Waals surface area contributed by atoms with Crippen LogP contribution in [0.5, 0.6) is 0 Å². The largest absolute Gasteiger partial charge is 0.395 e. The first kappa shape index (κ1) is 45.8. The Hall–Kier alpha value is -0.160. The van der Waals surface area contributed by atoms with Crippen LogP contribution in [0.2, 0.25) is 0 Å². The van der Waals surface area contributed by atoms with Crippen LogP contribution in [0.15, 0.2) is 0 Å². The zero-order valence-electron chi connectivity index (χ0n) is 32.1. The second-order valence-corrected chi connectivity index (χ2v) is 14.7. The lowest BCUT2D eigenvalue weighted by Gasteiger charge is -2.22. The number of rotatable bonds is 41. The average Bonchev–Trinajstić information content (AvgIpc) is 3.06. The molecule has 46 heavy (non-hydrogen) atoms. The van der Waals surface area contributed by atoms with Crippen molar-refractivity contribution in [1.82, 2.24) is 9.80 Å². The summed E-state index contributed by atoms with van der Waals surface area (Å²) in [5, 5.41) is 19.1. The maximum absolute atomic E-state index is 9.54. The van der Waals surface area contributed by atoms with Crippen LogP contribution < -0.4 is 0 Å². The summed E-state index contributed by atoms with van der Waals surface area (Å²) in [5.41, 5.74) is 0. The fourth-order valence-electron chi connectivity index (χ4n) is 7.04. The first-order valence-electron chi connectivity index (χ1n) is 21.4. The zero-order chi connectivity index (χ0) is 33.4. The Bertz CT molecular complexity index is 486. The van der Waals surface area contributed by atoms with Gasteiger partial charge in [0.05, 0.1) is 13.2 Å². The second kappa shape index (κ2) is 41.0. The van der Waals surface area contributed by atoms with E-state index in [9.17, 15) is 10.2 Å². The van der Waals surface area contributed by atoms with Crippen LogP contribution in [0.3, 0.4) is 0 Å². The molecule has 0 fully saturated rings. The van der Waals surface area contributed by atoms with Crippen LogP contribution in [0.25, 0.3) is 0 Å². The van der Waals surface area contributed by atoms with Gasteiger partial charge in [-0.15, -0.1) is 0 Å². The minimum absolute atomic E-state index is 0.286. The average molecular weight is 653 g/mol. The highest BCUT2D eigenvalue weighted by atomic mass is 16.3. The molecule has 278 valence electrons. The van der Waals surface area contributed by atoms with Gasteiger partial charge in [-0.2, -0.15) is 0 Å². The summed E-state index contributed by atoms with van der Waals surface area (Å²) in [7, 11) is 0. The highest BCUT2D eigenvalue weighted by Gasteiger charge is 2.06. The summed E-state index contributed by atoms with van der Waals surface area (Å²) >= 11 is 0. The highest BCUT2D eigenvalue weighted by molar-refractivity contribution is 4.62. The minimum Gasteiger partial charge on any atom is -0.395 e. The molecule has 0 atom stereocenters. The molecule has 0 aliphatic rings. The Labute approximate surface area is 291 Å². The summed E-state index contributed by atoms with van der Waals surface area (Å²) in [6, 6.07) is 0. The molecule has 0 rings (SSSR count). The van der Waals surface area contributed by atoms with E-state index in [0.29, 0.717) is 0 Å². The van der Waals surface area contributed by atoms with Crippen LogP contribution >= 0.6 is 0 Å². The van der Waals surface area contributed by atoms with Crippen LogP contribution in [0.4, 0.5) is 0 Å². The maximum Gasteiger partial charge on any atom is 0.0558 e. The third-order valence-electron chi connectivity index (χ3n) is 10.2. The van der Waals surface area contributed by atoms with E-state index in [4.69, 9.17) is 0 Å². The van der Waals surface area contributed by atoms with E-state index < -0.39 is 0 Å². The Morgan fingerprint density at radius 1 is 0.239 bits per heavy atom. The van der Waals surface area contributed by atoms with Gasteiger partial charge in [-0.1, -0.05) is 194 Å². The Morgan fingerprint density at radius 3 is 0.587 bits per heavy atom. The molecule has 0 heterocycles. The zero-order valence-corrected chi connectivity index (χ0v) is 32.1. The number of nitrogens with zero attached hydrogens (tertiary/aromatic N) is 2. The third-order valence-corrected chi connectivity index (χ3v) is 10.2. The van der Waals surface area contributed by atoms with Gasteiger partial charge in [-0.25, -0.2) is 0 Å². The normalized spacial score (nSPS) is 11.9. The molecular formula is C42H88N2O2. The SMILES string of the molecule is CCCCCCCCCCCCCCCCN(CCO)CCCCCCN(CCO)CCCCCCCCCCCCCCCC. The molecule has 0 spiro atoms. The molecule has 0 radical (unpaired) electrons. The van der Waals surface area contributed by atoms with Gasteiger partial charge in [0.2, 0.25) is 0 Å². The number of unbranched alkanes of at least 4 members (excludes halogenated alkanes) is 29. The van der Waals surface area contributed by atoms with Crippen LogP contribution in [0, 0.1) is 0 Å². The van der Waals surface area contributed by atoms with Gasteiger partial charge in [0.25, 0.3) is 0 Å². The first-order chi connectivity index (χ1) is 22.8. The molecular weight excluding hydrogens is 564 g/mol. The highest BCUT2D eigenvalue weighted by Crippen LogP contribution is 2.15. The van der Waals surface area contributed by atoms with E-state index in [0.717, 1.165) is 39.3 Å². The van der Waals surface area contributed by atoms with E-state index in [-0.39, 0.29) is 13.2 Å². The minimum atomic E-state index is 0.286. The second-order valence-electron chi connectivity index (χ2n) is 14.7. The van der Waals surface area contributed by atoms with Crippen molar-refractivity contribution >= 4 is 0 Å². The van der Waals surface area contributed by atoms with Crippen LogP contribution in [0.1, 0.15) is 219 Å². The number of aliphatic hydroxyl groups excluding tert-OH is 2. The van der Waals surface area contributed by atoms with Gasteiger partial charge in [-0.3, -0.25) is 0 Å². The molecule has 0 aromatic heterocycles. The van der Waals surface area contributed by atoms with Crippen LogP contribution in [-0.2, 0) is 0 Å². The summed E-state index contributed by atoms with van der Waals surface area (Å²) in [5.74, 6) is 0. The molecule has 0 aromatic carbocycles. The molecule has 0 amide bonds. The number of hydrogen-bond donors (Lipinski definition) is 2. The summed E-state index contributed by atoms with van der Waals surface area (Å²) in [6.07, 6.45) is 44.5. The topological polar surface area (TPSA) is 46.9 Å². The molecule has 0 saturated heterocycles. The van der Waals surface area contributed by atoms with Crippen molar-refractivity contribution in [2.75, 3.05) is 52.5 Å². The van der Waals surface area contributed by atoms with E-state index in [1.807, 2.05) is 0 Å². The van der Waals surface area contributed by atoms with E-state index >= 15 is 0 Å². The molecule has 0 aliphatic heterocycles. The summed E-state index contributed by atoms with van der Waals surface area (Å²) in [6.45, 7) is 11.4. The van der Waals surface area contributed by atoms with Crippen molar-refractivity contribution in [2.45, 2.75) is 219 Å². The van der Waals surface area contributed by atoms with Gasteiger partial charge in [0.15, 0.2) is 0 Å². The lowest BCUT2D eigenvalue weighted by Crippen LogP contribution is -2.29. The molecule has 0 aromatic rings. The van der Waals surface area contributed by atoms with Gasteiger partial charge in [0, 0.05) is 13.1 Å². The number of aliphatic hydroxyl groups is 2. The van der Waals surface area contributed by atoms with Gasteiger partial charge in [-0.05, 0) is 51.9 Å². The molecule has 0 aliphatic carbocycles. The van der Waals surface area contributed by atoms with Crippen molar-refractivity contribution < 1.29 is 10.2 Å². The summed E-state index contributed by atoms with van der Waals surface area (Å²) in [4.78, 5) is 4.99. The van der Waals surface area contributed by atoms with Crippen molar-refractivity contribution in [3.8, 4) is 0 Å². The Morgan fingerprint density at radius 2 is 0.413 bits per heavy atom. The van der Waals surface area contributed by atoms with Crippen molar-refractivity contribution in [2.24, 2.45) is 0 Å². The van der Waals surface area contributed by atoms with Gasteiger partial charge >= 0.3 is 0 Å². The third kappa shape index (κ3) is 36.7. The molecule has 4 nitrogen and oxygen atoms in total. The molecule has 0 bridgehead atoms. The van der Waals surface area contributed by atoms with E-state index in [1.165, 1.54) is 205 Å². The molecule has 4 heteroatoms. The molecule has 2 N–H and O–H groups in total. The lowest BCUT2D eigenvalue weighted by atomic mass is 10.0. The standard InChI is InChI=1S/C42H88N2O2/c1-3-5-7-9-11-13-15-17-19-21-23-25-27-31-35-43(39-41-45)37-33-29-30-34-38-44(40-42-46)36-32-28-26-24-22-20-18-16-14-12-10-8-6-4-2/h45-46H,3-42H2,1-2H3. The van der Waals surface area contributed by atoms with Crippen molar-refractivity contribution in [1.29, 1.82) is 0 Å². The van der Waals surface area contributed by atoms with E-state index in [2.05, 4.69) is 23.6 Å². The van der Waals surface area contributed by atoms with Crippen LogP contribution in [-0.4, -0.2) is 72.5 Å². The monoisotopic (exact) mass is 653 g/mol. The van der Waals surface area contributed by atoms with Crippen molar-refractivity contribution in [3.63, 3.8) is 0 Å². The lowest BCUT2D eigenvalue weighted by molar-refractivity contribution is 0.185. The smallest absolute Gasteiger partial charge is 0.0558 e. The van der Waals surface area contributed by atoms with Gasteiger partial charge < -0.3 is 20.0 Å². The predicted molar refractivity (Wildman–Crippen MR) is 206 cm³/mol. The molecule has 0 unspecified atom stereocenters. The Balaban J connectivity index is 3.63. The van der Waals surface area contributed by atoms with E-state index in [1.54, 1.807) is 0 Å². The van der Waals surface area contributed by atoms with Gasteiger partial charge in [0.1, 0.15) is 0 Å². The predicted octanol–water partition coefficient (Wildman–Crippen LogP) is 12.1. The van der Waals surface area contributed by atoms with Crippen molar-refractivity contribution in [3.05, 3.63) is 0 Å². The molecule has 0 saturated carbocycles. The quantitative estimate of drug-likeness (QED) is 0.0645. The Kier molecular flexibility index (Phi) is 40.9. The maximum atomic E-state index is 9.54.